The molecule has 228 valence electrons. The van der Waals surface area contributed by atoms with E-state index < -0.39 is 12.2 Å². The minimum absolute atomic E-state index is 0.122. The number of pyridine rings is 1. The van der Waals surface area contributed by atoms with E-state index in [1.54, 1.807) is 11.8 Å². The molecular formula is C31H45F2N3O4S. The third kappa shape index (κ3) is 8.00. The van der Waals surface area contributed by atoms with Gasteiger partial charge < -0.3 is 19.7 Å². The predicted molar refractivity (Wildman–Crippen MR) is 157 cm³/mol. The fraction of sp³-hybridized carbons (Fsp3) is 0.710. The van der Waals surface area contributed by atoms with E-state index in [4.69, 9.17) is 14.5 Å². The van der Waals surface area contributed by atoms with Gasteiger partial charge in [0, 0.05) is 31.2 Å². The standard InChI is InChI=1S/C29H39F2N3O4S.C2H6/c1-18-12-20-15-29(14-18,38-28(30)31)16-23(20)32-26(36)22-9-10-24(33-27(22)39-21-7-3-4-8-21)34-11-5-6-19(17-34)13-25(35)37-2;1-2/h9-10,12,18-19,21,23,28H,3-8,11,13-17H2,1-2H3,(H,32,36);1-2H3/t18?,19?,23?,29-;/m0./s1. The molecule has 2 saturated carbocycles. The summed E-state index contributed by atoms with van der Waals surface area (Å²) in [5, 5.41) is 4.27. The van der Waals surface area contributed by atoms with E-state index in [1.165, 1.54) is 20.0 Å². The summed E-state index contributed by atoms with van der Waals surface area (Å²) in [6.07, 6.45) is 10.3. The molecule has 7 nitrogen and oxygen atoms in total. The summed E-state index contributed by atoms with van der Waals surface area (Å²) in [5.74, 6) is 0.730. The number of ether oxygens (including phenoxy) is 2. The fourth-order valence-electron chi connectivity index (χ4n) is 6.91. The van der Waals surface area contributed by atoms with Crippen LogP contribution >= 0.6 is 11.8 Å². The van der Waals surface area contributed by atoms with E-state index in [1.807, 2.05) is 32.9 Å². The van der Waals surface area contributed by atoms with Gasteiger partial charge in [0.05, 0.1) is 24.3 Å². The van der Waals surface area contributed by atoms with Crippen molar-refractivity contribution in [2.24, 2.45) is 11.8 Å². The van der Waals surface area contributed by atoms with E-state index in [0.717, 1.165) is 50.2 Å². The van der Waals surface area contributed by atoms with Gasteiger partial charge in [-0.2, -0.15) is 8.78 Å². The smallest absolute Gasteiger partial charge is 0.345 e. The van der Waals surface area contributed by atoms with E-state index >= 15 is 0 Å². The Kier molecular flexibility index (Phi) is 11.1. The van der Waals surface area contributed by atoms with Crippen LogP contribution in [-0.2, 0) is 14.3 Å². The monoisotopic (exact) mass is 593 g/mol. The summed E-state index contributed by atoms with van der Waals surface area (Å²) in [5.41, 5.74) is 0.578. The van der Waals surface area contributed by atoms with Crippen molar-refractivity contribution >= 4 is 29.5 Å². The van der Waals surface area contributed by atoms with Crippen molar-refractivity contribution in [3.05, 3.63) is 29.3 Å². The number of nitrogens with one attached hydrogen (secondary N) is 1. The molecule has 2 bridgehead atoms. The van der Waals surface area contributed by atoms with Crippen molar-refractivity contribution in [1.29, 1.82) is 0 Å². The molecule has 3 fully saturated rings. The summed E-state index contributed by atoms with van der Waals surface area (Å²) >= 11 is 1.67. The number of halogens is 2. The third-order valence-electron chi connectivity index (χ3n) is 8.58. The fourth-order valence-corrected chi connectivity index (χ4v) is 8.23. The maximum atomic E-state index is 13.6. The van der Waals surface area contributed by atoms with Gasteiger partial charge in [-0.15, -0.1) is 11.8 Å². The molecule has 3 aliphatic carbocycles. The molecule has 1 aromatic rings. The van der Waals surface area contributed by atoms with Crippen LogP contribution in [0.5, 0.6) is 0 Å². The van der Waals surface area contributed by atoms with Crippen LogP contribution in [0.2, 0.25) is 0 Å². The topological polar surface area (TPSA) is 80.8 Å². The predicted octanol–water partition coefficient (Wildman–Crippen LogP) is 6.76. The summed E-state index contributed by atoms with van der Waals surface area (Å²) in [7, 11) is 1.42. The van der Waals surface area contributed by atoms with E-state index in [2.05, 4.69) is 16.3 Å². The third-order valence-corrected chi connectivity index (χ3v) is 9.92. The normalized spacial score (nSPS) is 27.7. The van der Waals surface area contributed by atoms with Gasteiger partial charge in [-0.05, 0) is 68.1 Å². The zero-order valence-electron chi connectivity index (χ0n) is 24.8. The molecule has 0 radical (unpaired) electrons. The Morgan fingerprint density at radius 2 is 1.93 bits per heavy atom. The molecule has 0 aromatic carbocycles. The van der Waals surface area contributed by atoms with Crippen molar-refractivity contribution in [3.63, 3.8) is 0 Å². The molecule has 0 spiro atoms. The molecule has 1 amide bonds. The number of aromatic nitrogens is 1. The molecule has 3 unspecified atom stereocenters. The van der Waals surface area contributed by atoms with Crippen molar-refractivity contribution in [2.45, 2.75) is 114 Å². The zero-order valence-corrected chi connectivity index (χ0v) is 25.6. The van der Waals surface area contributed by atoms with Crippen molar-refractivity contribution < 1.29 is 27.8 Å². The number of thioether (sulfide) groups is 1. The van der Waals surface area contributed by atoms with Crippen molar-refractivity contribution in [3.8, 4) is 0 Å². The van der Waals surface area contributed by atoms with Crippen LogP contribution in [-0.4, -0.2) is 60.6 Å². The number of anilines is 1. The number of allylic oxidation sites excluding steroid dienone is 1. The lowest BCUT2D eigenvalue weighted by Crippen LogP contribution is -2.38. The minimum Gasteiger partial charge on any atom is -0.469 e. The number of fused-ring (bicyclic) bond motifs is 2. The minimum atomic E-state index is -2.83. The van der Waals surface area contributed by atoms with Gasteiger partial charge in [-0.1, -0.05) is 39.7 Å². The zero-order chi connectivity index (χ0) is 29.6. The lowest BCUT2D eigenvalue weighted by molar-refractivity contribution is -0.211. The van der Waals surface area contributed by atoms with Gasteiger partial charge in [0.25, 0.3) is 5.91 Å². The highest BCUT2D eigenvalue weighted by Gasteiger charge is 2.48. The highest BCUT2D eigenvalue weighted by atomic mass is 32.2. The number of carbonyl (C=O) groups is 2. The number of rotatable bonds is 9. The Morgan fingerprint density at radius 1 is 1.17 bits per heavy atom. The van der Waals surface area contributed by atoms with Gasteiger partial charge in [0.15, 0.2) is 0 Å². The Labute approximate surface area is 247 Å². The number of nitrogens with zero attached hydrogens (tertiary/aromatic N) is 2. The first-order valence-corrected chi connectivity index (χ1v) is 16.1. The summed E-state index contributed by atoms with van der Waals surface area (Å²) in [6, 6.07) is 3.41. The van der Waals surface area contributed by atoms with Gasteiger partial charge in [-0.25, -0.2) is 4.98 Å². The number of methoxy groups -OCH3 is 1. The largest absolute Gasteiger partial charge is 0.469 e. The maximum Gasteiger partial charge on any atom is 0.345 e. The average Bonchev–Trinajstić information content (AvgIpc) is 3.54. The van der Waals surface area contributed by atoms with Gasteiger partial charge in [0.1, 0.15) is 10.8 Å². The van der Waals surface area contributed by atoms with E-state index in [-0.39, 0.29) is 29.8 Å². The number of amides is 1. The molecule has 1 saturated heterocycles. The first-order chi connectivity index (χ1) is 19.7. The van der Waals surface area contributed by atoms with Gasteiger partial charge in [0.2, 0.25) is 0 Å². The summed E-state index contributed by atoms with van der Waals surface area (Å²) in [6.45, 7) is 4.74. The molecule has 1 aliphatic heterocycles. The SMILES string of the molecule is CC.COC(=O)CC1CCCN(c2ccc(C(=O)NC3C[C@@]4(OC(F)F)CC3=CC(C)C4)c(SC3CCCC3)n2)C1. The maximum absolute atomic E-state index is 13.6. The van der Waals surface area contributed by atoms with Crippen molar-refractivity contribution in [2.75, 3.05) is 25.1 Å². The second kappa shape index (κ2) is 14.3. The van der Waals surface area contributed by atoms with Crippen LogP contribution in [0.4, 0.5) is 14.6 Å². The molecule has 2 heterocycles. The van der Waals surface area contributed by atoms with Gasteiger partial charge in [-0.3, -0.25) is 9.59 Å². The van der Waals surface area contributed by atoms with Gasteiger partial charge >= 0.3 is 12.6 Å². The lowest BCUT2D eigenvalue weighted by atomic mass is 9.85. The second-order valence-electron chi connectivity index (χ2n) is 11.7. The Bertz CT molecular complexity index is 1100. The van der Waals surface area contributed by atoms with E-state index in [9.17, 15) is 18.4 Å². The van der Waals surface area contributed by atoms with Crippen LogP contribution in [0.15, 0.2) is 28.8 Å². The molecule has 4 aliphatic rings. The highest BCUT2D eigenvalue weighted by molar-refractivity contribution is 8.00. The molecule has 41 heavy (non-hydrogen) atoms. The Balaban J connectivity index is 0.00000189. The average molecular weight is 594 g/mol. The molecule has 1 aromatic heterocycles. The molecule has 4 atom stereocenters. The number of piperidine rings is 1. The Hall–Kier alpha value is -2.20. The van der Waals surface area contributed by atoms with E-state index in [0.29, 0.717) is 41.5 Å². The number of esters is 1. The van der Waals surface area contributed by atoms with Crippen LogP contribution < -0.4 is 10.2 Å². The first kappa shape index (κ1) is 31.7. The highest BCUT2D eigenvalue weighted by Crippen LogP contribution is 2.47. The second-order valence-corrected chi connectivity index (χ2v) is 13.0. The molecule has 10 heteroatoms. The molecular weight excluding hydrogens is 548 g/mol. The van der Waals surface area contributed by atoms with Crippen LogP contribution in [0.3, 0.4) is 0 Å². The summed E-state index contributed by atoms with van der Waals surface area (Å²) < 4.78 is 36.4. The number of alkyl halides is 2. The summed E-state index contributed by atoms with van der Waals surface area (Å²) in [4.78, 5) is 32.7. The molecule has 1 N–H and O–H groups in total. The molecule has 5 rings (SSSR count). The quantitative estimate of drug-likeness (QED) is 0.250. The van der Waals surface area contributed by atoms with Crippen LogP contribution in [0, 0.1) is 11.8 Å². The lowest BCUT2D eigenvalue weighted by Gasteiger charge is -2.33. The number of hydrogen-bond acceptors (Lipinski definition) is 7. The number of hydrogen-bond donors (Lipinski definition) is 1. The van der Waals surface area contributed by atoms with Crippen LogP contribution in [0.25, 0.3) is 0 Å². The van der Waals surface area contributed by atoms with Crippen molar-refractivity contribution in [1.82, 2.24) is 10.3 Å². The first-order valence-electron chi connectivity index (χ1n) is 15.2. The van der Waals surface area contributed by atoms with Crippen LogP contribution in [0.1, 0.15) is 95.3 Å². The Morgan fingerprint density at radius 3 is 2.63 bits per heavy atom. The number of carbonyl (C=O) groups excluding carboxylic acids is 2.